The zero-order chi connectivity index (χ0) is 24.5. The second kappa shape index (κ2) is 9.40. The van der Waals surface area contributed by atoms with Gasteiger partial charge >= 0.3 is 6.18 Å². The van der Waals surface area contributed by atoms with Crippen LogP contribution in [0.4, 0.5) is 23.4 Å². The molecule has 3 heterocycles. The number of nitrogens with zero attached hydrogens (tertiary/aromatic N) is 5. The first-order valence-corrected chi connectivity index (χ1v) is 10.9. The van der Waals surface area contributed by atoms with Crippen molar-refractivity contribution in [1.29, 1.82) is 0 Å². The highest BCUT2D eigenvalue weighted by atomic mass is 19.4. The third-order valence-corrected chi connectivity index (χ3v) is 6.12. The zero-order valence-electron chi connectivity index (χ0n) is 18.7. The average Bonchev–Trinajstić information content (AvgIpc) is 3.33. The fraction of sp³-hybridized carbons (Fsp3) is 0.391. The number of aromatic nitrogens is 4. The van der Waals surface area contributed by atoms with Gasteiger partial charge in [-0.25, -0.2) is 9.37 Å². The Morgan fingerprint density at radius 2 is 1.91 bits per heavy atom. The number of nitrogens with one attached hydrogen (secondary N) is 1. The molecule has 1 aliphatic rings. The molecule has 180 valence electrons. The molecule has 0 saturated carbocycles. The molecule has 2 unspecified atom stereocenters. The molecule has 0 bridgehead atoms. The lowest BCUT2D eigenvalue weighted by molar-refractivity contribution is -0.137. The van der Waals surface area contributed by atoms with Crippen LogP contribution in [0.1, 0.15) is 41.3 Å². The van der Waals surface area contributed by atoms with Crippen LogP contribution in [0.15, 0.2) is 42.9 Å². The summed E-state index contributed by atoms with van der Waals surface area (Å²) >= 11 is 0. The summed E-state index contributed by atoms with van der Waals surface area (Å²) in [5.41, 5.74) is -0.333. The Balaban J connectivity index is 1.58. The summed E-state index contributed by atoms with van der Waals surface area (Å²) in [6, 6.07) is 5.07. The number of aryl methyl sites for hydroxylation is 1. The number of amides is 1. The maximum absolute atomic E-state index is 15.0. The number of rotatable bonds is 5. The topological polar surface area (TPSA) is 75.9 Å². The standard InChI is InChI=1S/C23H24F4N6O/c1-14-4-3-11-32(18(14)13-29-19-8-6-16(12-28-19)23(25,26)27)22(34)17-7-5-15(2)20(24)21(17)33-30-9-10-31-33/h5-10,12,14,18H,3-4,11,13H2,1-2H3,(H,28,29). The third-order valence-electron chi connectivity index (χ3n) is 6.12. The highest BCUT2D eigenvalue weighted by Crippen LogP contribution is 2.30. The fourth-order valence-corrected chi connectivity index (χ4v) is 4.21. The van der Waals surface area contributed by atoms with Crippen molar-refractivity contribution in [2.75, 3.05) is 18.4 Å². The monoisotopic (exact) mass is 476 g/mol. The maximum Gasteiger partial charge on any atom is 0.417 e. The van der Waals surface area contributed by atoms with E-state index in [2.05, 4.69) is 20.5 Å². The maximum atomic E-state index is 15.0. The van der Waals surface area contributed by atoms with Crippen LogP contribution in [0, 0.1) is 18.7 Å². The van der Waals surface area contributed by atoms with Gasteiger partial charge in [-0.2, -0.15) is 23.4 Å². The lowest BCUT2D eigenvalue weighted by atomic mass is 9.89. The van der Waals surface area contributed by atoms with Crippen molar-refractivity contribution in [1.82, 2.24) is 24.9 Å². The number of anilines is 1. The van der Waals surface area contributed by atoms with E-state index in [0.29, 0.717) is 12.1 Å². The molecule has 0 spiro atoms. The molecule has 1 aliphatic heterocycles. The summed E-state index contributed by atoms with van der Waals surface area (Å²) in [7, 11) is 0. The predicted molar refractivity (Wildman–Crippen MR) is 117 cm³/mol. The Hall–Kier alpha value is -3.50. The van der Waals surface area contributed by atoms with Gasteiger partial charge in [0.25, 0.3) is 5.91 Å². The minimum atomic E-state index is -4.46. The first kappa shape index (κ1) is 23.7. The van der Waals surface area contributed by atoms with E-state index in [4.69, 9.17) is 0 Å². The van der Waals surface area contributed by atoms with Crippen LogP contribution in [0.3, 0.4) is 0 Å². The molecule has 1 aromatic carbocycles. The number of pyridine rings is 1. The number of benzene rings is 1. The lowest BCUT2D eigenvalue weighted by Gasteiger charge is -2.40. The van der Waals surface area contributed by atoms with Crippen molar-refractivity contribution < 1.29 is 22.4 Å². The number of carbonyl (C=O) groups is 1. The highest BCUT2D eigenvalue weighted by Gasteiger charge is 2.35. The van der Waals surface area contributed by atoms with Crippen LogP contribution in [0.2, 0.25) is 0 Å². The van der Waals surface area contributed by atoms with Crippen LogP contribution in [-0.2, 0) is 6.18 Å². The SMILES string of the molecule is Cc1ccc(C(=O)N2CCCC(C)C2CNc2ccc(C(F)(F)F)cn2)c(-n2nccn2)c1F. The highest BCUT2D eigenvalue weighted by molar-refractivity contribution is 5.98. The molecule has 1 N–H and O–H groups in total. The van der Waals surface area contributed by atoms with Gasteiger partial charge in [0.15, 0.2) is 5.82 Å². The first-order chi connectivity index (χ1) is 16.2. The van der Waals surface area contributed by atoms with Crippen LogP contribution in [-0.4, -0.2) is 49.9 Å². The first-order valence-electron chi connectivity index (χ1n) is 10.9. The second-order valence-electron chi connectivity index (χ2n) is 8.41. The Labute approximate surface area is 193 Å². The molecule has 2 aromatic heterocycles. The molecular weight excluding hydrogens is 452 g/mol. The van der Waals surface area contributed by atoms with Crippen molar-refractivity contribution >= 4 is 11.7 Å². The second-order valence-corrected chi connectivity index (χ2v) is 8.41. The van der Waals surface area contributed by atoms with Crippen molar-refractivity contribution in [3.8, 4) is 5.69 Å². The van der Waals surface area contributed by atoms with Gasteiger partial charge in [-0.3, -0.25) is 4.79 Å². The number of carbonyl (C=O) groups excluding carboxylic acids is 1. The molecule has 0 radical (unpaired) electrons. The molecule has 7 nitrogen and oxygen atoms in total. The summed E-state index contributed by atoms with van der Waals surface area (Å²) in [6.07, 6.45) is 0.786. The van der Waals surface area contributed by atoms with Gasteiger partial charge in [-0.15, -0.1) is 4.80 Å². The molecule has 3 aromatic rings. The molecule has 34 heavy (non-hydrogen) atoms. The minimum Gasteiger partial charge on any atom is -0.368 e. The smallest absolute Gasteiger partial charge is 0.368 e. The summed E-state index contributed by atoms with van der Waals surface area (Å²) in [4.78, 5) is 20.3. The van der Waals surface area contributed by atoms with E-state index in [0.717, 1.165) is 29.9 Å². The van der Waals surface area contributed by atoms with E-state index in [1.807, 2.05) is 6.92 Å². The Morgan fingerprint density at radius 3 is 2.56 bits per heavy atom. The van der Waals surface area contributed by atoms with Crippen LogP contribution >= 0.6 is 0 Å². The van der Waals surface area contributed by atoms with Crippen LogP contribution in [0.25, 0.3) is 5.69 Å². The molecule has 11 heteroatoms. The van der Waals surface area contributed by atoms with E-state index < -0.39 is 17.6 Å². The molecule has 1 saturated heterocycles. The van der Waals surface area contributed by atoms with Gasteiger partial charge < -0.3 is 10.2 Å². The number of likely N-dealkylation sites (tertiary alicyclic amines) is 1. The van der Waals surface area contributed by atoms with E-state index in [1.165, 1.54) is 18.5 Å². The van der Waals surface area contributed by atoms with Crippen molar-refractivity contribution in [3.63, 3.8) is 0 Å². The molecule has 1 fully saturated rings. The van der Waals surface area contributed by atoms with E-state index >= 15 is 4.39 Å². The van der Waals surface area contributed by atoms with Gasteiger partial charge in [-0.1, -0.05) is 13.0 Å². The van der Waals surface area contributed by atoms with Crippen molar-refractivity contribution in [2.24, 2.45) is 5.92 Å². The Kier molecular flexibility index (Phi) is 6.54. The van der Waals surface area contributed by atoms with Gasteiger partial charge in [0.2, 0.25) is 0 Å². The summed E-state index contributed by atoms with van der Waals surface area (Å²) < 4.78 is 53.4. The van der Waals surface area contributed by atoms with Crippen LogP contribution < -0.4 is 5.32 Å². The molecule has 2 atom stereocenters. The number of piperidine rings is 1. The quantitative estimate of drug-likeness (QED) is 0.550. The number of hydrogen-bond donors (Lipinski definition) is 1. The number of hydrogen-bond acceptors (Lipinski definition) is 5. The number of alkyl halides is 3. The third kappa shape index (κ3) is 4.73. The van der Waals surface area contributed by atoms with Gasteiger partial charge in [0, 0.05) is 19.3 Å². The van der Waals surface area contributed by atoms with Gasteiger partial charge in [0.1, 0.15) is 11.5 Å². The van der Waals surface area contributed by atoms with Crippen molar-refractivity contribution in [3.05, 3.63) is 65.4 Å². The van der Waals surface area contributed by atoms with E-state index in [9.17, 15) is 18.0 Å². The summed E-state index contributed by atoms with van der Waals surface area (Å²) in [6.45, 7) is 4.37. The average molecular weight is 476 g/mol. The fourth-order valence-electron chi connectivity index (χ4n) is 4.21. The molecular formula is C23H24F4N6O. The number of halogens is 4. The van der Waals surface area contributed by atoms with Gasteiger partial charge in [-0.05, 0) is 49.4 Å². The van der Waals surface area contributed by atoms with Gasteiger partial charge in [0.05, 0.1) is 29.6 Å². The van der Waals surface area contributed by atoms with E-state index in [-0.39, 0.29) is 41.5 Å². The Morgan fingerprint density at radius 1 is 1.18 bits per heavy atom. The van der Waals surface area contributed by atoms with Crippen molar-refractivity contribution in [2.45, 2.75) is 38.9 Å². The predicted octanol–water partition coefficient (Wildman–Crippen LogP) is 4.48. The lowest BCUT2D eigenvalue weighted by Crippen LogP contribution is -2.51. The summed E-state index contributed by atoms with van der Waals surface area (Å²) in [5.74, 6) is -0.539. The van der Waals surface area contributed by atoms with E-state index in [1.54, 1.807) is 24.0 Å². The normalized spacial score (nSPS) is 18.7. The van der Waals surface area contributed by atoms with Crippen LogP contribution in [0.5, 0.6) is 0 Å². The molecule has 4 rings (SSSR count). The Bertz CT molecular complexity index is 1150. The molecule has 1 amide bonds. The zero-order valence-corrected chi connectivity index (χ0v) is 18.7. The largest absolute Gasteiger partial charge is 0.417 e. The molecule has 0 aliphatic carbocycles. The minimum absolute atomic E-state index is 0.00987. The summed E-state index contributed by atoms with van der Waals surface area (Å²) in [5, 5.41) is 11.1.